The molecule has 1 amide bonds. The number of amides is 1. The number of nitrogens with zero attached hydrogens (tertiary/aromatic N) is 1. The van der Waals surface area contributed by atoms with Crippen LogP contribution in [0.3, 0.4) is 0 Å². The fourth-order valence-electron chi connectivity index (χ4n) is 4.65. The first-order chi connectivity index (χ1) is 10.1. The van der Waals surface area contributed by atoms with Gasteiger partial charge in [0.2, 0.25) is 5.91 Å². The number of hydrogen-bond donors (Lipinski definition) is 2. The highest BCUT2D eigenvalue weighted by atomic mass is 16.1. The number of fused-ring (bicyclic) bond motifs is 2. The minimum Gasteiger partial charge on any atom is -0.353 e. The van der Waals surface area contributed by atoms with Gasteiger partial charge in [0.15, 0.2) is 0 Å². The van der Waals surface area contributed by atoms with E-state index in [-0.39, 0.29) is 0 Å². The summed E-state index contributed by atoms with van der Waals surface area (Å²) in [6.45, 7) is 0. The fraction of sp³-hybridized carbons (Fsp3) is 0.941. The standard InChI is InChI=1S/C17H31N3O/c1-20(2)16-5-3-4-13(11-16)19-17(21)10-12-8-14-6-7-15(9-12)18-14/h12-16,18H,3-11H2,1-2H3,(H,19,21). The molecule has 2 bridgehead atoms. The van der Waals surface area contributed by atoms with Gasteiger partial charge in [0.1, 0.15) is 0 Å². The molecule has 0 aromatic rings. The SMILES string of the molecule is CN(C)C1CCCC(NC(=O)CC2CC3CCC(C2)N3)C1. The average Bonchev–Trinajstić information content (AvgIpc) is 2.78. The Balaban J connectivity index is 1.43. The van der Waals surface area contributed by atoms with E-state index in [1.807, 2.05) is 0 Å². The van der Waals surface area contributed by atoms with E-state index in [1.54, 1.807) is 0 Å². The molecule has 4 unspecified atom stereocenters. The molecule has 4 heteroatoms. The largest absolute Gasteiger partial charge is 0.353 e. The van der Waals surface area contributed by atoms with Crippen LogP contribution in [0.2, 0.25) is 0 Å². The maximum absolute atomic E-state index is 12.3. The smallest absolute Gasteiger partial charge is 0.220 e. The summed E-state index contributed by atoms with van der Waals surface area (Å²) in [5.74, 6) is 0.905. The Bertz CT molecular complexity index is 359. The Morgan fingerprint density at radius 1 is 1.10 bits per heavy atom. The normalized spacial score (nSPS) is 39.5. The molecule has 21 heavy (non-hydrogen) atoms. The highest BCUT2D eigenvalue weighted by molar-refractivity contribution is 5.76. The van der Waals surface area contributed by atoms with Crippen molar-refractivity contribution in [3.8, 4) is 0 Å². The zero-order chi connectivity index (χ0) is 14.8. The highest BCUT2D eigenvalue weighted by Crippen LogP contribution is 2.32. The van der Waals surface area contributed by atoms with Crippen LogP contribution >= 0.6 is 0 Å². The minimum atomic E-state index is 0.297. The van der Waals surface area contributed by atoms with E-state index in [2.05, 4.69) is 29.6 Å². The highest BCUT2D eigenvalue weighted by Gasteiger charge is 2.34. The lowest BCUT2D eigenvalue weighted by Crippen LogP contribution is -2.45. The third-order valence-electron chi connectivity index (χ3n) is 5.79. The molecular weight excluding hydrogens is 262 g/mol. The summed E-state index contributed by atoms with van der Waals surface area (Å²) in [7, 11) is 4.30. The summed E-state index contributed by atoms with van der Waals surface area (Å²) in [5.41, 5.74) is 0. The number of carbonyl (C=O) groups is 1. The Labute approximate surface area is 129 Å². The van der Waals surface area contributed by atoms with Crippen LogP contribution in [0.15, 0.2) is 0 Å². The zero-order valence-corrected chi connectivity index (χ0v) is 13.6. The molecule has 120 valence electrons. The maximum atomic E-state index is 12.3. The fourth-order valence-corrected chi connectivity index (χ4v) is 4.65. The monoisotopic (exact) mass is 293 g/mol. The van der Waals surface area contributed by atoms with E-state index >= 15 is 0 Å². The van der Waals surface area contributed by atoms with Crippen molar-refractivity contribution in [2.75, 3.05) is 14.1 Å². The molecule has 3 rings (SSSR count). The summed E-state index contributed by atoms with van der Waals surface area (Å²) >= 11 is 0. The van der Waals surface area contributed by atoms with Gasteiger partial charge in [-0.3, -0.25) is 4.79 Å². The Morgan fingerprint density at radius 3 is 2.48 bits per heavy atom. The van der Waals surface area contributed by atoms with Gasteiger partial charge in [-0.2, -0.15) is 0 Å². The summed E-state index contributed by atoms with van der Waals surface area (Å²) in [4.78, 5) is 14.7. The quantitative estimate of drug-likeness (QED) is 0.832. The molecule has 0 radical (unpaired) electrons. The van der Waals surface area contributed by atoms with Crippen molar-refractivity contribution in [2.45, 2.75) is 82.0 Å². The van der Waals surface area contributed by atoms with Crippen LogP contribution in [0, 0.1) is 5.92 Å². The molecule has 3 aliphatic rings. The van der Waals surface area contributed by atoms with Crippen molar-refractivity contribution in [2.24, 2.45) is 5.92 Å². The number of piperidine rings is 1. The summed E-state index contributed by atoms with van der Waals surface area (Å²) in [6, 6.07) is 2.42. The summed E-state index contributed by atoms with van der Waals surface area (Å²) in [6.07, 6.45) is 10.6. The molecule has 0 aromatic heterocycles. The van der Waals surface area contributed by atoms with E-state index in [0.717, 1.165) is 19.3 Å². The molecule has 2 aliphatic heterocycles. The van der Waals surface area contributed by atoms with Crippen LogP contribution in [0.5, 0.6) is 0 Å². The molecule has 4 nitrogen and oxygen atoms in total. The topological polar surface area (TPSA) is 44.4 Å². The van der Waals surface area contributed by atoms with Gasteiger partial charge < -0.3 is 15.5 Å². The Kier molecular flexibility index (Phi) is 4.85. The predicted octanol–water partition coefficient (Wildman–Crippen LogP) is 1.90. The van der Waals surface area contributed by atoms with Crippen molar-refractivity contribution in [1.82, 2.24) is 15.5 Å². The first-order valence-electron chi connectivity index (χ1n) is 8.82. The van der Waals surface area contributed by atoms with E-state index in [0.29, 0.717) is 36.0 Å². The third kappa shape index (κ3) is 3.98. The van der Waals surface area contributed by atoms with Gasteiger partial charge in [0.05, 0.1) is 0 Å². The van der Waals surface area contributed by atoms with Crippen LogP contribution in [-0.2, 0) is 4.79 Å². The molecule has 2 saturated heterocycles. The lowest BCUT2D eigenvalue weighted by atomic mass is 9.88. The van der Waals surface area contributed by atoms with Crippen LogP contribution in [-0.4, -0.2) is 49.1 Å². The van der Waals surface area contributed by atoms with Gasteiger partial charge in [-0.25, -0.2) is 0 Å². The number of nitrogens with one attached hydrogen (secondary N) is 2. The van der Waals surface area contributed by atoms with Gasteiger partial charge in [0.25, 0.3) is 0 Å². The number of carbonyl (C=O) groups excluding carboxylic acids is 1. The second-order valence-electron chi connectivity index (χ2n) is 7.73. The van der Waals surface area contributed by atoms with Crippen LogP contribution in [0.4, 0.5) is 0 Å². The van der Waals surface area contributed by atoms with Gasteiger partial charge in [-0.1, -0.05) is 0 Å². The van der Waals surface area contributed by atoms with Crippen LogP contribution in [0.1, 0.15) is 57.8 Å². The van der Waals surface area contributed by atoms with Crippen molar-refractivity contribution in [3.05, 3.63) is 0 Å². The minimum absolute atomic E-state index is 0.297. The summed E-state index contributed by atoms with van der Waals surface area (Å²) in [5, 5.41) is 6.97. The maximum Gasteiger partial charge on any atom is 0.220 e. The first-order valence-corrected chi connectivity index (χ1v) is 8.82. The third-order valence-corrected chi connectivity index (χ3v) is 5.79. The van der Waals surface area contributed by atoms with E-state index in [4.69, 9.17) is 0 Å². The lowest BCUT2D eigenvalue weighted by molar-refractivity contribution is -0.123. The first kappa shape index (κ1) is 15.3. The molecule has 3 fully saturated rings. The van der Waals surface area contributed by atoms with Gasteiger partial charge >= 0.3 is 0 Å². The van der Waals surface area contributed by atoms with Crippen LogP contribution in [0.25, 0.3) is 0 Å². The molecule has 2 N–H and O–H groups in total. The molecule has 4 atom stereocenters. The molecule has 1 aliphatic carbocycles. The lowest BCUT2D eigenvalue weighted by Gasteiger charge is -2.34. The Hall–Kier alpha value is -0.610. The predicted molar refractivity (Wildman–Crippen MR) is 85.2 cm³/mol. The zero-order valence-electron chi connectivity index (χ0n) is 13.6. The van der Waals surface area contributed by atoms with Crippen molar-refractivity contribution < 1.29 is 4.79 Å². The summed E-state index contributed by atoms with van der Waals surface area (Å²) < 4.78 is 0. The van der Waals surface area contributed by atoms with E-state index < -0.39 is 0 Å². The van der Waals surface area contributed by atoms with Gasteiger partial charge in [0, 0.05) is 30.6 Å². The molecule has 2 heterocycles. The van der Waals surface area contributed by atoms with E-state index in [1.165, 1.54) is 38.5 Å². The number of rotatable bonds is 4. The van der Waals surface area contributed by atoms with Gasteiger partial charge in [-0.05, 0) is 71.4 Å². The van der Waals surface area contributed by atoms with Gasteiger partial charge in [-0.15, -0.1) is 0 Å². The number of hydrogen-bond acceptors (Lipinski definition) is 3. The second kappa shape index (κ2) is 6.66. The molecule has 0 aromatic carbocycles. The van der Waals surface area contributed by atoms with Crippen LogP contribution < -0.4 is 10.6 Å². The van der Waals surface area contributed by atoms with Crippen molar-refractivity contribution >= 4 is 5.91 Å². The average molecular weight is 293 g/mol. The van der Waals surface area contributed by atoms with E-state index in [9.17, 15) is 4.79 Å². The molecule has 0 spiro atoms. The second-order valence-corrected chi connectivity index (χ2v) is 7.73. The molecule has 1 saturated carbocycles. The van der Waals surface area contributed by atoms with Crippen molar-refractivity contribution in [1.29, 1.82) is 0 Å². The molecular formula is C17H31N3O. The van der Waals surface area contributed by atoms with Crippen molar-refractivity contribution in [3.63, 3.8) is 0 Å². The Morgan fingerprint density at radius 2 is 1.81 bits per heavy atom.